The Kier molecular flexibility index (Phi) is 9.09. The van der Waals surface area contributed by atoms with Crippen molar-refractivity contribution < 1.29 is 14.3 Å². The minimum atomic E-state index is -0.0298. The fourth-order valence-electron chi connectivity index (χ4n) is 3.52. The van der Waals surface area contributed by atoms with Crippen molar-refractivity contribution in [1.29, 1.82) is 0 Å². The van der Waals surface area contributed by atoms with Gasteiger partial charge in [-0.05, 0) is 64.3 Å². The van der Waals surface area contributed by atoms with Gasteiger partial charge in [-0.1, -0.05) is 6.42 Å². The zero-order chi connectivity index (χ0) is 21.2. The van der Waals surface area contributed by atoms with E-state index in [4.69, 9.17) is 9.47 Å². The summed E-state index contributed by atoms with van der Waals surface area (Å²) in [4.78, 5) is 16.7. The average molecular weight is 405 g/mol. The van der Waals surface area contributed by atoms with Crippen LogP contribution in [0.15, 0.2) is 29.3 Å². The first-order valence-corrected chi connectivity index (χ1v) is 10.5. The van der Waals surface area contributed by atoms with Gasteiger partial charge in [0.2, 0.25) is 5.91 Å². The molecule has 0 bridgehead atoms. The van der Waals surface area contributed by atoms with E-state index in [1.54, 1.807) is 14.2 Å². The van der Waals surface area contributed by atoms with Crippen molar-refractivity contribution in [3.8, 4) is 11.5 Å². The number of hydrogen-bond donors (Lipinski definition) is 3. The largest absolute Gasteiger partial charge is 0.497 e. The Bertz CT molecular complexity index is 661. The minimum Gasteiger partial charge on any atom is -0.497 e. The second-order valence-electron chi connectivity index (χ2n) is 7.93. The lowest BCUT2D eigenvalue weighted by Crippen LogP contribution is -2.49. The Hall–Kier alpha value is -2.44. The highest BCUT2D eigenvalue weighted by atomic mass is 16.5. The van der Waals surface area contributed by atoms with Gasteiger partial charge in [0, 0.05) is 25.0 Å². The van der Waals surface area contributed by atoms with Crippen molar-refractivity contribution in [2.45, 2.75) is 64.6 Å². The van der Waals surface area contributed by atoms with Gasteiger partial charge in [0.15, 0.2) is 5.96 Å². The van der Waals surface area contributed by atoms with Crippen LogP contribution in [0, 0.1) is 5.92 Å². The lowest BCUT2D eigenvalue weighted by molar-refractivity contribution is -0.126. The van der Waals surface area contributed by atoms with E-state index in [1.807, 2.05) is 45.0 Å². The Morgan fingerprint density at radius 1 is 1.17 bits per heavy atom. The summed E-state index contributed by atoms with van der Waals surface area (Å²) in [5, 5.41) is 9.82. The van der Waals surface area contributed by atoms with Crippen molar-refractivity contribution in [2.24, 2.45) is 10.9 Å². The number of benzene rings is 1. The third kappa shape index (κ3) is 7.83. The first kappa shape index (κ1) is 22.8. The Morgan fingerprint density at radius 3 is 2.48 bits per heavy atom. The van der Waals surface area contributed by atoms with Gasteiger partial charge in [0.05, 0.1) is 13.7 Å². The molecule has 29 heavy (non-hydrogen) atoms. The van der Waals surface area contributed by atoms with Crippen LogP contribution in [0.3, 0.4) is 0 Å². The average Bonchev–Trinajstić information content (AvgIpc) is 2.71. The third-order valence-electron chi connectivity index (χ3n) is 4.99. The van der Waals surface area contributed by atoms with Gasteiger partial charge in [0.25, 0.3) is 0 Å². The van der Waals surface area contributed by atoms with Gasteiger partial charge in [-0.2, -0.15) is 0 Å². The number of nitrogens with zero attached hydrogens (tertiary/aromatic N) is 1. The lowest BCUT2D eigenvalue weighted by atomic mass is 9.85. The lowest BCUT2D eigenvalue weighted by Gasteiger charge is -2.30. The first-order valence-electron chi connectivity index (χ1n) is 10.5. The summed E-state index contributed by atoms with van der Waals surface area (Å²) >= 11 is 0. The summed E-state index contributed by atoms with van der Waals surface area (Å²) in [5.41, 5.74) is 0. The van der Waals surface area contributed by atoms with E-state index in [0.717, 1.165) is 43.1 Å². The van der Waals surface area contributed by atoms with Crippen molar-refractivity contribution >= 4 is 11.9 Å². The molecule has 0 radical (unpaired) electrons. The molecule has 0 aliphatic heterocycles. The molecular weight excluding hydrogens is 368 g/mol. The summed E-state index contributed by atoms with van der Waals surface area (Å²) in [5.74, 6) is 2.58. The second kappa shape index (κ2) is 11.5. The summed E-state index contributed by atoms with van der Waals surface area (Å²) < 4.78 is 11.1. The van der Waals surface area contributed by atoms with Gasteiger partial charge in [-0.25, -0.2) is 0 Å². The number of rotatable bonds is 8. The molecule has 3 unspecified atom stereocenters. The highest BCUT2D eigenvalue weighted by Gasteiger charge is 2.28. The molecule has 7 heteroatoms. The zero-order valence-electron chi connectivity index (χ0n) is 18.3. The van der Waals surface area contributed by atoms with Crippen LogP contribution in [0.25, 0.3) is 0 Å². The van der Waals surface area contributed by atoms with Gasteiger partial charge in [-0.15, -0.1) is 0 Å². The van der Waals surface area contributed by atoms with Crippen LogP contribution in [-0.4, -0.2) is 50.8 Å². The molecule has 1 aromatic rings. The molecule has 0 saturated heterocycles. The Morgan fingerprint density at radius 2 is 1.86 bits per heavy atom. The molecule has 0 heterocycles. The van der Waals surface area contributed by atoms with Crippen LogP contribution in [0.4, 0.5) is 0 Å². The molecule has 162 valence electrons. The predicted molar refractivity (Wildman–Crippen MR) is 117 cm³/mol. The maximum absolute atomic E-state index is 12.3. The highest BCUT2D eigenvalue weighted by Crippen LogP contribution is 2.24. The molecule has 2 rings (SSSR count). The van der Waals surface area contributed by atoms with Crippen molar-refractivity contribution in [1.82, 2.24) is 16.0 Å². The van der Waals surface area contributed by atoms with Gasteiger partial charge in [-0.3, -0.25) is 9.79 Å². The van der Waals surface area contributed by atoms with E-state index in [9.17, 15) is 4.79 Å². The van der Waals surface area contributed by atoms with E-state index in [0.29, 0.717) is 6.54 Å². The van der Waals surface area contributed by atoms with Gasteiger partial charge >= 0.3 is 0 Å². The van der Waals surface area contributed by atoms with Crippen LogP contribution >= 0.6 is 0 Å². The number of amides is 1. The minimum absolute atomic E-state index is 0.0298. The number of nitrogens with one attached hydrogen (secondary N) is 3. The smallest absolute Gasteiger partial charge is 0.223 e. The molecule has 3 N–H and O–H groups in total. The van der Waals surface area contributed by atoms with Gasteiger partial charge < -0.3 is 25.4 Å². The van der Waals surface area contributed by atoms with E-state index in [2.05, 4.69) is 20.9 Å². The molecule has 1 saturated carbocycles. The highest BCUT2D eigenvalue weighted by molar-refractivity contribution is 5.81. The van der Waals surface area contributed by atoms with Crippen molar-refractivity contribution in [3.05, 3.63) is 24.3 Å². The summed E-state index contributed by atoms with van der Waals surface area (Å²) in [6, 6.07) is 7.98. The fourth-order valence-corrected chi connectivity index (χ4v) is 3.52. The quantitative estimate of drug-likeness (QED) is 0.458. The van der Waals surface area contributed by atoms with Crippen LogP contribution in [-0.2, 0) is 4.79 Å². The molecule has 3 atom stereocenters. The van der Waals surface area contributed by atoms with E-state index >= 15 is 0 Å². The molecule has 1 aliphatic rings. The molecule has 1 aromatic carbocycles. The molecular formula is C22H36N4O3. The summed E-state index contributed by atoms with van der Waals surface area (Å²) in [6.45, 7) is 6.63. The standard InChI is InChI=1S/C22H36N4O3/c1-15(2)25-21(27)17-7-6-8-18(13-17)26-22(23-4)24-14-16(3)29-20-11-9-19(28-5)10-12-20/h9-12,15-18H,6-8,13-14H2,1-5H3,(H,25,27)(H2,23,24,26). The number of carbonyl (C=O) groups excluding carboxylic acids is 1. The number of ether oxygens (including phenoxy) is 2. The SMILES string of the molecule is CN=C(NCC(C)Oc1ccc(OC)cc1)NC1CCCC(C(=O)NC(C)C)C1. The summed E-state index contributed by atoms with van der Waals surface area (Å²) in [7, 11) is 3.41. The molecule has 1 amide bonds. The molecule has 0 spiro atoms. The van der Waals surface area contributed by atoms with Crippen molar-refractivity contribution in [3.63, 3.8) is 0 Å². The molecule has 1 fully saturated rings. The topological polar surface area (TPSA) is 84.0 Å². The number of methoxy groups -OCH3 is 1. The zero-order valence-corrected chi connectivity index (χ0v) is 18.3. The van der Waals surface area contributed by atoms with Crippen LogP contribution in [0.1, 0.15) is 46.5 Å². The van der Waals surface area contributed by atoms with E-state index in [1.165, 1.54) is 0 Å². The molecule has 1 aliphatic carbocycles. The summed E-state index contributed by atoms with van der Waals surface area (Å²) in [6.07, 6.45) is 3.84. The van der Waals surface area contributed by atoms with Gasteiger partial charge in [0.1, 0.15) is 17.6 Å². The number of guanidine groups is 1. The Labute approximate surface area is 174 Å². The normalized spacial score (nSPS) is 20.7. The van der Waals surface area contributed by atoms with E-state index < -0.39 is 0 Å². The Balaban J connectivity index is 1.78. The first-order chi connectivity index (χ1) is 13.9. The van der Waals surface area contributed by atoms with Crippen LogP contribution in [0.5, 0.6) is 11.5 Å². The number of carbonyl (C=O) groups is 1. The van der Waals surface area contributed by atoms with Crippen LogP contribution in [0.2, 0.25) is 0 Å². The number of aliphatic imine (C=N–C) groups is 1. The van der Waals surface area contributed by atoms with E-state index in [-0.39, 0.29) is 30.0 Å². The molecule has 7 nitrogen and oxygen atoms in total. The maximum atomic E-state index is 12.3. The van der Waals surface area contributed by atoms with Crippen molar-refractivity contribution in [2.75, 3.05) is 20.7 Å². The molecule has 0 aromatic heterocycles. The van der Waals surface area contributed by atoms with Crippen LogP contribution < -0.4 is 25.4 Å². The predicted octanol–water partition coefficient (Wildman–Crippen LogP) is 2.71. The second-order valence-corrected chi connectivity index (χ2v) is 7.93. The monoisotopic (exact) mass is 404 g/mol. The number of hydrogen-bond acceptors (Lipinski definition) is 4. The maximum Gasteiger partial charge on any atom is 0.223 e. The third-order valence-corrected chi connectivity index (χ3v) is 4.99. The fraction of sp³-hybridized carbons (Fsp3) is 0.636.